The van der Waals surface area contributed by atoms with Crippen LogP contribution in [0.4, 0.5) is 0 Å². The van der Waals surface area contributed by atoms with Crippen LogP contribution in [0.15, 0.2) is 27.8 Å². The Morgan fingerprint density at radius 2 is 1.96 bits per heavy atom. The van der Waals surface area contributed by atoms with Crippen molar-refractivity contribution in [1.82, 2.24) is 15.1 Å². The lowest BCUT2D eigenvalue weighted by Crippen LogP contribution is -2.53. The quantitative estimate of drug-likeness (QED) is 0.316. The van der Waals surface area contributed by atoms with Gasteiger partial charge in [0, 0.05) is 39.8 Å². The van der Waals surface area contributed by atoms with Crippen molar-refractivity contribution in [2.24, 2.45) is 4.99 Å². The van der Waals surface area contributed by atoms with E-state index in [9.17, 15) is 9.59 Å². The number of hydrogen-bond acceptors (Lipinski definition) is 5. The van der Waals surface area contributed by atoms with E-state index in [2.05, 4.69) is 19.9 Å². The van der Waals surface area contributed by atoms with Crippen LogP contribution in [0, 0.1) is 0 Å². The van der Waals surface area contributed by atoms with Crippen LogP contribution in [0.1, 0.15) is 17.0 Å². The van der Waals surface area contributed by atoms with E-state index >= 15 is 0 Å². The van der Waals surface area contributed by atoms with Crippen molar-refractivity contribution in [2.45, 2.75) is 6.42 Å². The first-order chi connectivity index (χ1) is 11.2. The Bertz CT molecular complexity index is 554. The zero-order valence-electron chi connectivity index (χ0n) is 13.9. The molecule has 24 heavy (non-hydrogen) atoms. The molecular weight excluding hydrogens is 427 g/mol. The van der Waals surface area contributed by atoms with Gasteiger partial charge in [0.1, 0.15) is 0 Å². The third-order valence-corrected chi connectivity index (χ3v) is 3.65. The molecule has 0 atom stereocenters. The number of hydrogen-bond donors (Lipinski definition) is 1. The molecule has 2 heterocycles. The van der Waals surface area contributed by atoms with Crippen molar-refractivity contribution in [3.05, 3.63) is 24.2 Å². The molecule has 0 bridgehead atoms. The van der Waals surface area contributed by atoms with Crippen LogP contribution in [0.2, 0.25) is 0 Å². The Morgan fingerprint density at radius 3 is 2.50 bits per heavy atom. The molecule has 0 unspecified atom stereocenters. The highest BCUT2D eigenvalue weighted by molar-refractivity contribution is 14.0. The number of guanidine groups is 1. The fraction of sp³-hybridized carbons (Fsp3) is 0.533. The number of halogens is 1. The number of methoxy groups -OCH3 is 1. The van der Waals surface area contributed by atoms with Crippen molar-refractivity contribution in [2.75, 3.05) is 46.9 Å². The number of furan rings is 1. The largest absolute Gasteiger partial charge is 0.469 e. The maximum absolute atomic E-state index is 12.2. The minimum atomic E-state index is -0.262. The molecule has 1 saturated heterocycles. The molecule has 0 spiro atoms. The smallest absolute Gasteiger partial charge is 0.307 e. The molecule has 1 N–H and O–H groups in total. The Morgan fingerprint density at radius 1 is 1.29 bits per heavy atom. The highest BCUT2D eigenvalue weighted by atomic mass is 127. The van der Waals surface area contributed by atoms with Gasteiger partial charge >= 0.3 is 5.97 Å². The summed E-state index contributed by atoms with van der Waals surface area (Å²) in [6.07, 6.45) is 1.78. The van der Waals surface area contributed by atoms with Gasteiger partial charge in [0.2, 0.25) is 0 Å². The van der Waals surface area contributed by atoms with Gasteiger partial charge in [0.15, 0.2) is 11.7 Å². The summed E-state index contributed by atoms with van der Waals surface area (Å²) in [6, 6.07) is 3.37. The zero-order valence-corrected chi connectivity index (χ0v) is 16.2. The van der Waals surface area contributed by atoms with E-state index in [0.717, 1.165) is 5.96 Å². The average molecular weight is 450 g/mol. The van der Waals surface area contributed by atoms with E-state index in [1.54, 1.807) is 24.1 Å². The number of nitrogens with zero attached hydrogens (tertiary/aromatic N) is 3. The third kappa shape index (κ3) is 5.39. The third-order valence-electron chi connectivity index (χ3n) is 3.65. The fourth-order valence-electron chi connectivity index (χ4n) is 2.39. The summed E-state index contributed by atoms with van der Waals surface area (Å²) in [5.74, 6) is 0.725. The van der Waals surface area contributed by atoms with Crippen LogP contribution in [0.5, 0.6) is 0 Å². The highest BCUT2D eigenvalue weighted by Gasteiger charge is 2.25. The van der Waals surface area contributed by atoms with Gasteiger partial charge in [-0.05, 0) is 12.1 Å². The number of carbonyl (C=O) groups is 2. The molecule has 1 aliphatic heterocycles. The molecule has 0 saturated carbocycles. The number of rotatable bonds is 4. The van der Waals surface area contributed by atoms with Gasteiger partial charge in [-0.15, -0.1) is 24.0 Å². The van der Waals surface area contributed by atoms with E-state index in [1.807, 2.05) is 0 Å². The van der Waals surface area contributed by atoms with E-state index in [-0.39, 0.29) is 42.3 Å². The number of piperazine rings is 1. The molecule has 8 nitrogen and oxygen atoms in total. The van der Waals surface area contributed by atoms with E-state index in [0.29, 0.717) is 38.5 Å². The van der Waals surface area contributed by atoms with Crippen molar-refractivity contribution in [3.8, 4) is 0 Å². The number of amides is 1. The predicted octanol–water partition coefficient (Wildman–Crippen LogP) is 0.794. The maximum atomic E-state index is 12.2. The summed E-state index contributed by atoms with van der Waals surface area (Å²) in [7, 11) is 3.06. The first-order valence-electron chi connectivity index (χ1n) is 7.51. The van der Waals surface area contributed by atoms with Crippen LogP contribution in [-0.4, -0.2) is 74.5 Å². The summed E-state index contributed by atoms with van der Waals surface area (Å²) >= 11 is 0. The first kappa shape index (κ1) is 20.3. The summed E-state index contributed by atoms with van der Waals surface area (Å²) < 4.78 is 9.75. The summed E-state index contributed by atoms with van der Waals surface area (Å²) in [4.78, 5) is 31.4. The van der Waals surface area contributed by atoms with Gasteiger partial charge in [-0.25, -0.2) is 0 Å². The van der Waals surface area contributed by atoms with Crippen LogP contribution in [0.3, 0.4) is 0 Å². The Balaban J connectivity index is 0.00000288. The van der Waals surface area contributed by atoms with Crippen molar-refractivity contribution in [3.63, 3.8) is 0 Å². The highest BCUT2D eigenvalue weighted by Crippen LogP contribution is 2.09. The molecule has 1 aromatic heterocycles. The van der Waals surface area contributed by atoms with Crippen LogP contribution >= 0.6 is 24.0 Å². The fourth-order valence-corrected chi connectivity index (χ4v) is 2.39. The summed E-state index contributed by atoms with van der Waals surface area (Å²) in [6.45, 7) is 2.99. The average Bonchev–Trinajstić information content (AvgIpc) is 3.12. The van der Waals surface area contributed by atoms with Gasteiger partial charge in [0.25, 0.3) is 5.91 Å². The maximum Gasteiger partial charge on any atom is 0.307 e. The molecule has 0 radical (unpaired) electrons. The van der Waals surface area contributed by atoms with Gasteiger partial charge in [0.05, 0.1) is 19.8 Å². The monoisotopic (exact) mass is 450 g/mol. The van der Waals surface area contributed by atoms with Gasteiger partial charge in [-0.2, -0.15) is 0 Å². The lowest BCUT2D eigenvalue weighted by atomic mass is 10.3. The predicted molar refractivity (Wildman–Crippen MR) is 99.6 cm³/mol. The summed E-state index contributed by atoms with van der Waals surface area (Å²) in [5, 5.41) is 3.13. The first-order valence-corrected chi connectivity index (χ1v) is 7.51. The second kappa shape index (κ2) is 10.2. The minimum Gasteiger partial charge on any atom is -0.469 e. The van der Waals surface area contributed by atoms with Crippen molar-refractivity contribution < 1.29 is 18.7 Å². The number of nitrogens with one attached hydrogen (secondary N) is 1. The summed E-state index contributed by atoms with van der Waals surface area (Å²) in [5.41, 5.74) is 0. The zero-order chi connectivity index (χ0) is 16.7. The second-order valence-corrected chi connectivity index (χ2v) is 5.06. The Labute approximate surface area is 158 Å². The molecule has 0 aromatic carbocycles. The van der Waals surface area contributed by atoms with Crippen LogP contribution in [-0.2, 0) is 9.53 Å². The van der Waals surface area contributed by atoms with Crippen molar-refractivity contribution >= 4 is 41.8 Å². The SMILES string of the molecule is CN=C(NCCC(=O)OC)N1CCN(C(=O)c2ccco2)CC1.I. The molecule has 0 aliphatic carbocycles. The molecule has 9 heteroatoms. The standard InChI is InChI=1S/C15H22N4O4.HI/c1-16-15(17-6-5-13(20)22-2)19-9-7-18(8-10-19)14(21)12-4-3-11-23-12;/h3-4,11H,5-10H2,1-2H3,(H,16,17);1H. The molecule has 1 aromatic rings. The lowest BCUT2D eigenvalue weighted by Gasteiger charge is -2.36. The molecule has 134 valence electrons. The number of aliphatic imine (C=N–C) groups is 1. The number of ether oxygens (including phenoxy) is 1. The normalized spacial score (nSPS) is 14.8. The minimum absolute atomic E-state index is 0. The van der Waals surface area contributed by atoms with Gasteiger partial charge in [-0.3, -0.25) is 14.6 Å². The van der Waals surface area contributed by atoms with Crippen LogP contribution < -0.4 is 5.32 Å². The second-order valence-electron chi connectivity index (χ2n) is 5.06. The lowest BCUT2D eigenvalue weighted by molar-refractivity contribution is -0.140. The molecular formula is C15H23IN4O4. The van der Waals surface area contributed by atoms with E-state index < -0.39 is 0 Å². The van der Waals surface area contributed by atoms with E-state index in [4.69, 9.17) is 4.42 Å². The topological polar surface area (TPSA) is 87.4 Å². The molecule has 1 amide bonds. The molecule has 2 rings (SSSR count). The van der Waals surface area contributed by atoms with Gasteiger partial charge < -0.3 is 24.3 Å². The van der Waals surface area contributed by atoms with E-state index in [1.165, 1.54) is 13.4 Å². The van der Waals surface area contributed by atoms with Crippen molar-refractivity contribution in [1.29, 1.82) is 0 Å². The Hall–Kier alpha value is -1.78. The van der Waals surface area contributed by atoms with Gasteiger partial charge in [-0.1, -0.05) is 0 Å². The molecule has 1 fully saturated rings. The van der Waals surface area contributed by atoms with Crippen LogP contribution in [0.25, 0.3) is 0 Å². The molecule has 1 aliphatic rings. The Kier molecular flexibility index (Phi) is 8.58. The number of carbonyl (C=O) groups excluding carboxylic acids is 2. The number of esters is 1.